The molecule has 5 nitrogen and oxygen atoms in total. The predicted octanol–water partition coefficient (Wildman–Crippen LogP) is 6.48. The van der Waals surface area contributed by atoms with Crippen LogP contribution in [0, 0.1) is 5.92 Å². The molecule has 0 saturated carbocycles. The molecule has 1 unspecified atom stereocenters. The van der Waals surface area contributed by atoms with E-state index in [4.69, 9.17) is 9.47 Å². The van der Waals surface area contributed by atoms with Gasteiger partial charge in [-0.2, -0.15) is 8.78 Å². The van der Waals surface area contributed by atoms with E-state index in [-0.39, 0.29) is 17.2 Å². The fourth-order valence-corrected chi connectivity index (χ4v) is 5.06. The lowest BCUT2D eigenvalue weighted by molar-refractivity contribution is -0.187. The number of fused-ring (bicyclic) bond motifs is 1. The van der Waals surface area contributed by atoms with E-state index >= 15 is 0 Å². The third-order valence-electron chi connectivity index (χ3n) is 6.80. The molecule has 7 heteroatoms. The van der Waals surface area contributed by atoms with Gasteiger partial charge in [-0.15, -0.1) is 0 Å². The molecule has 2 aliphatic rings. The summed E-state index contributed by atoms with van der Waals surface area (Å²) < 4.78 is 40.6. The van der Waals surface area contributed by atoms with Crippen molar-refractivity contribution in [3.05, 3.63) is 83.4 Å². The highest BCUT2D eigenvalue weighted by atomic mass is 19.3. The minimum Gasteiger partial charge on any atom is -0.508 e. The molecule has 1 saturated heterocycles. The Labute approximate surface area is 209 Å². The maximum Gasteiger partial charge on any atom is 0.410 e. The summed E-state index contributed by atoms with van der Waals surface area (Å²) in [7, 11) is 0. The lowest BCUT2D eigenvalue weighted by atomic mass is 9.86. The van der Waals surface area contributed by atoms with Gasteiger partial charge in [0.25, 0.3) is 0 Å². The minimum absolute atomic E-state index is 0.0803. The van der Waals surface area contributed by atoms with Crippen molar-refractivity contribution in [3.8, 4) is 23.0 Å². The number of halogens is 2. The largest absolute Gasteiger partial charge is 0.508 e. The quantitative estimate of drug-likeness (QED) is 0.412. The Balaban J connectivity index is 1.43. The molecule has 2 N–H and O–H groups in total. The van der Waals surface area contributed by atoms with Crippen LogP contribution < -0.4 is 9.47 Å². The van der Waals surface area contributed by atoms with E-state index in [1.807, 2.05) is 13.0 Å². The molecular weight excluding hydrogens is 464 g/mol. The Hall–Kier alpha value is -3.58. The van der Waals surface area contributed by atoms with Crippen molar-refractivity contribution in [1.29, 1.82) is 0 Å². The van der Waals surface area contributed by atoms with Crippen LogP contribution in [-0.4, -0.2) is 40.9 Å². The van der Waals surface area contributed by atoms with E-state index in [9.17, 15) is 19.0 Å². The number of rotatable bonds is 6. The molecule has 0 radical (unpaired) electrons. The molecule has 1 fully saturated rings. The molecule has 0 spiro atoms. The van der Waals surface area contributed by atoms with Crippen molar-refractivity contribution in [2.24, 2.45) is 5.92 Å². The SMILES string of the molecule is CC1=C(c2cccc(O)c2)C(c2ccc(OC(F)(F)CN3CC[C@@H](C)C3)cc2)Oc2ccc(O)cc21. The summed E-state index contributed by atoms with van der Waals surface area (Å²) in [6.45, 7) is 4.87. The fourth-order valence-electron chi connectivity index (χ4n) is 5.06. The van der Waals surface area contributed by atoms with Crippen molar-refractivity contribution in [2.45, 2.75) is 32.5 Å². The zero-order chi connectivity index (χ0) is 25.4. The topological polar surface area (TPSA) is 62.2 Å². The van der Waals surface area contributed by atoms with E-state index in [2.05, 4.69) is 6.92 Å². The second-order valence-corrected chi connectivity index (χ2v) is 9.70. The van der Waals surface area contributed by atoms with Crippen molar-refractivity contribution >= 4 is 11.1 Å². The summed E-state index contributed by atoms with van der Waals surface area (Å²) in [6.07, 6.45) is -2.93. The molecule has 188 valence electrons. The first-order chi connectivity index (χ1) is 17.2. The van der Waals surface area contributed by atoms with Gasteiger partial charge in [-0.25, -0.2) is 0 Å². The molecule has 0 bridgehead atoms. The Bertz CT molecular complexity index is 1290. The number of aromatic hydroxyl groups is 2. The van der Waals surface area contributed by atoms with Crippen LogP contribution in [0.2, 0.25) is 0 Å². The minimum atomic E-state index is -3.29. The molecule has 0 amide bonds. The van der Waals surface area contributed by atoms with Crippen LogP contribution in [0.15, 0.2) is 66.7 Å². The molecule has 5 rings (SSSR count). The number of phenolic OH excluding ortho intramolecular Hbond substituents is 2. The Morgan fingerprint density at radius 1 is 1.03 bits per heavy atom. The first-order valence-corrected chi connectivity index (χ1v) is 12.1. The molecule has 3 aromatic rings. The monoisotopic (exact) mass is 493 g/mol. The van der Waals surface area contributed by atoms with Gasteiger partial charge in [0, 0.05) is 17.7 Å². The van der Waals surface area contributed by atoms with Gasteiger partial charge in [-0.1, -0.05) is 31.2 Å². The highest BCUT2D eigenvalue weighted by Crippen LogP contribution is 2.47. The number of ether oxygens (including phenoxy) is 2. The van der Waals surface area contributed by atoms with Crippen molar-refractivity contribution in [1.82, 2.24) is 4.90 Å². The number of nitrogens with zero attached hydrogens (tertiary/aromatic N) is 1. The van der Waals surface area contributed by atoms with Gasteiger partial charge in [0.05, 0.1) is 0 Å². The summed E-state index contributed by atoms with van der Waals surface area (Å²) in [6, 6.07) is 18.3. The summed E-state index contributed by atoms with van der Waals surface area (Å²) in [5.74, 6) is 1.34. The first-order valence-electron chi connectivity index (χ1n) is 12.1. The van der Waals surface area contributed by atoms with Crippen LogP contribution in [0.4, 0.5) is 8.78 Å². The van der Waals surface area contributed by atoms with Crippen LogP contribution >= 0.6 is 0 Å². The zero-order valence-corrected chi connectivity index (χ0v) is 20.2. The average molecular weight is 494 g/mol. The smallest absolute Gasteiger partial charge is 0.410 e. The lowest BCUT2D eigenvalue weighted by Crippen LogP contribution is -2.39. The van der Waals surface area contributed by atoms with Gasteiger partial charge in [-0.3, -0.25) is 4.90 Å². The highest BCUT2D eigenvalue weighted by molar-refractivity contribution is 5.95. The highest BCUT2D eigenvalue weighted by Gasteiger charge is 2.37. The Morgan fingerprint density at radius 3 is 2.47 bits per heavy atom. The number of benzene rings is 3. The molecular formula is C29H29F2NO4. The Morgan fingerprint density at radius 2 is 1.78 bits per heavy atom. The molecule has 0 aromatic heterocycles. The molecule has 0 aliphatic carbocycles. The second kappa shape index (κ2) is 9.47. The van der Waals surface area contributed by atoms with E-state index in [1.54, 1.807) is 53.4 Å². The summed E-state index contributed by atoms with van der Waals surface area (Å²) in [4.78, 5) is 1.74. The van der Waals surface area contributed by atoms with E-state index in [0.717, 1.165) is 34.3 Å². The van der Waals surface area contributed by atoms with Crippen LogP contribution in [-0.2, 0) is 0 Å². The van der Waals surface area contributed by atoms with Gasteiger partial charge in [0.15, 0.2) is 0 Å². The number of alkyl halides is 2. The maximum atomic E-state index is 14.6. The van der Waals surface area contributed by atoms with E-state index in [1.165, 1.54) is 12.1 Å². The number of hydrogen-bond acceptors (Lipinski definition) is 5. The standard InChI is InChI=1S/C29H29F2NO4/c1-18-12-13-32(16-18)17-29(30,31)36-24-9-6-20(7-10-24)28-27(21-4-3-5-22(33)14-21)19(2)25-15-23(34)8-11-26(25)35-28/h3-11,14-15,18,28,33-34H,12-13,16-17H2,1-2H3/t18-,28?/m1/s1. The van der Waals surface area contributed by atoms with Gasteiger partial charge >= 0.3 is 6.11 Å². The third kappa shape index (κ3) is 5.02. The molecule has 2 heterocycles. The summed E-state index contributed by atoms with van der Waals surface area (Å²) >= 11 is 0. The summed E-state index contributed by atoms with van der Waals surface area (Å²) in [5.41, 5.74) is 3.95. The average Bonchev–Trinajstić information content (AvgIpc) is 3.23. The molecule has 2 atom stereocenters. The van der Waals surface area contributed by atoms with Gasteiger partial charge in [0.1, 0.15) is 35.6 Å². The van der Waals surface area contributed by atoms with Crippen molar-refractivity contribution in [2.75, 3.05) is 19.6 Å². The number of allylic oxidation sites excluding steroid dienone is 1. The normalized spacial score (nSPS) is 20.2. The number of hydrogen-bond donors (Lipinski definition) is 2. The first kappa shape index (κ1) is 24.1. The van der Waals surface area contributed by atoms with E-state index < -0.39 is 18.8 Å². The van der Waals surface area contributed by atoms with E-state index in [0.29, 0.717) is 24.8 Å². The second-order valence-electron chi connectivity index (χ2n) is 9.70. The maximum absolute atomic E-state index is 14.6. The van der Waals surface area contributed by atoms with Gasteiger partial charge < -0.3 is 19.7 Å². The summed E-state index contributed by atoms with van der Waals surface area (Å²) in [5, 5.41) is 20.1. The van der Waals surface area contributed by atoms with Crippen LogP contribution in [0.25, 0.3) is 11.1 Å². The fraction of sp³-hybridized carbons (Fsp3) is 0.310. The molecule has 3 aromatic carbocycles. The third-order valence-corrected chi connectivity index (χ3v) is 6.80. The lowest BCUT2D eigenvalue weighted by Gasteiger charge is -2.31. The van der Waals surface area contributed by atoms with Gasteiger partial charge in [-0.05, 0) is 85.0 Å². The van der Waals surface area contributed by atoms with Crippen LogP contribution in [0.3, 0.4) is 0 Å². The van der Waals surface area contributed by atoms with Gasteiger partial charge in [0.2, 0.25) is 0 Å². The van der Waals surface area contributed by atoms with Crippen LogP contribution in [0.1, 0.15) is 43.1 Å². The predicted molar refractivity (Wildman–Crippen MR) is 134 cm³/mol. The van der Waals surface area contributed by atoms with Crippen LogP contribution in [0.5, 0.6) is 23.0 Å². The zero-order valence-electron chi connectivity index (χ0n) is 20.2. The van der Waals surface area contributed by atoms with Crippen molar-refractivity contribution in [3.63, 3.8) is 0 Å². The molecule has 2 aliphatic heterocycles. The number of likely N-dealkylation sites (tertiary alicyclic amines) is 1. The number of phenols is 2. The van der Waals surface area contributed by atoms with Crippen molar-refractivity contribution < 1.29 is 28.5 Å². The molecule has 36 heavy (non-hydrogen) atoms. The Kier molecular flexibility index (Phi) is 6.35.